The second-order valence-electron chi connectivity index (χ2n) is 6.73. The molecule has 0 atom stereocenters. The summed E-state index contributed by atoms with van der Waals surface area (Å²) in [7, 11) is 0. The van der Waals surface area contributed by atoms with Crippen LogP contribution < -0.4 is 0 Å². The van der Waals surface area contributed by atoms with Crippen LogP contribution in [0.2, 0.25) is 0 Å². The van der Waals surface area contributed by atoms with E-state index in [1.54, 1.807) is 0 Å². The topological polar surface area (TPSA) is 47.8 Å². The van der Waals surface area contributed by atoms with Crippen molar-refractivity contribution < 1.29 is 4.79 Å². The molecular formula is C19H25N3O. The third-order valence-electron chi connectivity index (χ3n) is 4.95. The van der Waals surface area contributed by atoms with Crippen molar-refractivity contribution in [1.82, 2.24) is 15.0 Å². The van der Waals surface area contributed by atoms with Crippen LogP contribution in [0.5, 0.6) is 0 Å². The maximum absolute atomic E-state index is 11.3. The largest absolute Gasteiger partial charge is 0.296 e. The number of benzene rings is 1. The number of carbonyl (C=O) groups is 1. The van der Waals surface area contributed by atoms with Crippen LogP contribution in [0, 0.1) is 12.8 Å². The van der Waals surface area contributed by atoms with Crippen LogP contribution in [0.15, 0.2) is 24.3 Å². The van der Waals surface area contributed by atoms with Gasteiger partial charge < -0.3 is 0 Å². The van der Waals surface area contributed by atoms with Gasteiger partial charge in [-0.3, -0.25) is 4.79 Å². The maximum atomic E-state index is 11.3. The molecule has 2 aromatic rings. The standard InChI is InChI=1S/C19H25N3O/c1-15-7-9-17(10-8-15)13-22-19(18(14-23)20-21-22)12-11-16-5-3-2-4-6-16/h7-10,14,16H,2-6,11-13H2,1H3. The smallest absolute Gasteiger partial charge is 0.172 e. The summed E-state index contributed by atoms with van der Waals surface area (Å²) >= 11 is 0. The average molecular weight is 311 g/mol. The van der Waals surface area contributed by atoms with Gasteiger partial charge in [-0.1, -0.05) is 67.1 Å². The number of aldehydes is 1. The van der Waals surface area contributed by atoms with Crippen molar-refractivity contribution in [2.24, 2.45) is 5.92 Å². The van der Waals surface area contributed by atoms with E-state index in [4.69, 9.17) is 0 Å². The van der Waals surface area contributed by atoms with Gasteiger partial charge in [0.25, 0.3) is 0 Å². The molecule has 4 nitrogen and oxygen atoms in total. The van der Waals surface area contributed by atoms with Crippen LogP contribution in [-0.2, 0) is 13.0 Å². The van der Waals surface area contributed by atoms with Crippen LogP contribution in [0.1, 0.15) is 65.8 Å². The Morgan fingerprint density at radius 2 is 1.91 bits per heavy atom. The molecule has 0 saturated heterocycles. The minimum absolute atomic E-state index is 0.507. The second-order valence-corrected chi connectivity index (χ2v) is 6.73. The number of hydrogen-bond donors (Lipinski definition) is 0. The monoisotopic (exact) mass is 311 g/mol. The molecule has 1 aliphatic carbocycles. The number of rotatable bonds is 6. The van der Waals surface area contributed by atoms with E-state index in [0.717, 1.165) is 30.7 Å². The van der Waals surface area contributed by atoms with Gasteiger partial charge in [-0.25, -0.2) is 4.68 Å². The van der Waals surface area contributed by atoms with Gasteiger partial charge in [-0.05, 0) is 31.2 Å². The highest BCUT2D eigenvalue weighted by Crippen LogP contribution is 2.27. The van der Waals surface area contributed by atoms with Crippen molar-refractivity contribution in [3.05, 3.63) is 46.8 Å². The summed E-state index contributed by atoms with van der Waals surface area (Å²) in [6.07, 6.45) is 9.63. The van der Waals surface area contributed by atoms with Crippen molar-refractivity contribution in [3.8, 4) is 0 Å². The Labute approximate surface area is 137 Å². The van der Waals surface area contributed by atoms with Gasteiger partial charge in [0.05, 0.1) is 12.2 Å². The highest BCUT2D eigenvalue weighted by Gasteiger charge is 2.17. The fourth-order valence-electron chi connectivity index (χ4n) is 3.50. The maximum Gasteiger partial charge on any atom is 0.172 e. The van der Waals surface area contributed by atoms with E-state index in [-0.39, 0.29) is 0 Å². The second kappa shape index (κ2) is 7.53. The molecule has 0 spiro atoms. The van der Waals surface area contributed by atoms with Crippen molar-refractivity contribution in [2.45, 2.75) is 58.4 Å². The lowest BCUT2D eigenvalue weighted by atomic mass is 9.85. The summed E-state index contributed by atoms with van der Waals surface area (Å²) < 4.78 is 1.90. The fourth-order valence-corrected chi connectivity index (χ4v) is 3.50. The van der Waals surface area contributed by atoms with E-state index < -0.39 is 0 Å². The third kappa shape index (κ3) is 4.06. The first-order chi connectivity index (χ1) is 11.3. The summed E-state index contributed by atoms with van der Waals surface area (Å²) in [5.74, 6) is 0.797. The highest BCUT2D eigenvalue weighted by molar-refractivity contribution is 5.73. The summed E-state index contributed by atoms with van der Waals surface area (Å²) in [5.41, 5.74) is 3.94. The zero-order valence-electron chi connectivity index (χ0n) is 13.9. The van der Waals surface area contributed by atoms with Crippen LogP contribution in [-0.4, -0.2) is 21.3 Å². The lowest BCUT2D eigenvalue weighted by Gasteiger charge is -2.21. The Morgan fingerprint density at radius 3 is 2.61 bits per heavy atom. The van der Waals surface area contributed by atoms with Gasteiger partial charge in [0.2, 0.25) is 0 Å². The van der Waals surface area contributed by atoms with Crippen molar-refractivity contribution in [1.29, 1.82) is 0 Å². The number of hydrogen-bond acceptors (Lipinski definition) is 3. The SMILES string of the molecule is Cc1ccc(Cn2nnc(C=O)c2CCC2CCCCC2)cc1. The molecule has 1 fully saturated rings. The van der Waals surface area contributed by atoms with Gasteiger partial charge in [0, 0.05) is 0 Å². The average Bonchev–Trinajstić information content (AvgIpc) is 2.98. The molecule has 0 bridgehead atoms. The first-order valence-electron chi connectivity index (χ1n) is 8.69. The van der Waals surface area contributed by atoms with Crippen LogP contribution in [0.25, 0.3) is 0 Å². The predicted molar refractivity (Wildman–Crippen MR) is 90.6 cm³/mol. The molecule has 122 valence electrons. The van der Waals surface area contributed by atoms with Gasteiger partial charge in [-0.2, -0.15) is 0 Å². The van der Waals surface area contributed by atoms with E-state index in [1.807, 2.05) is 4.68 Å². The molecule has 1 aromatic heterocycles. The molecule has 1 aromatic carbocycles. The Morgan fingerprint density at radius 1 is 1.17 bits per heavy atom. The summed E-state index contributed by atoms with van der Waals surface area (Å²) in [5, 5.41) is 8.26. The molecule has 0 unspecified atom stereocenters. The molecule has 0 aliphatic heterocycles. The van der Waals surface area contributed by atoms with Gasteiger partial charge in [0.15, 0.2) is 6.29 Å². The predicted octanol–water partition coefficient (Wildman–Crippen LogP) is 3.96. The van der Waals surface area contributed by atoms with Gasteiger partial charge in [0.1, 0.15) is 5.69 Å². The number of aromatic nitrogens is 3. The Bertz CT molecular complexity index is 639. The zero-order chi connectivity index (χ0) is 16.1. The molecule has 1 saturated carbocycles. The third-order valence-corrected chi connectivity index (χ3v) is 4.95. The van der Waals surface area contributed by atoms with Crippen molar-refractivity contribution in [3.63, 3.8) is 0 Å². The van der Waals surface area contributed by atoms with Crippen molar-refractivity contribution in [2.75, 3.05) is 0 Å². The van der Waals surface area contributed by atoms with Crippen LogP contribution in [0.4, 0.5) is 0 Å². The van der Waals surface area contributed by atoms with E-state index in [0.29, 0.717) is 12.2 Å². The Kier molecular flexibility index (Phi) is 5.21. The quantitative estimate of drug-likeness (QED) is 0.759. The normalized spacial score (nSPS) is 15.7. The van der Waals surface area contributed by atoms with E-state index in [2.05, 4.69) is 41.5 Å². The van der Waals surface area contributed by atoms with Gasteiger partial charge in [-0.15, -0.1) is 5.10 Å². The van der Waals surface area contributed by atoms with Gasteiger partial charge >= 0.3 is 0 Å². The molecule has 3 rings (SSSR count). The number of carbonyl (C=O) groups excluding carboxylic acids is 1. The molecule has 23 heavy (non-hydrogen) atoms. The molecule has 0 radical (unpaired) electrons. The number of nitrogens with zero attached hydrogens (tertiary/aromatic N) is 3. The summed E-state index contributed by atoms with van der Waals surface area (Å²) in [4.78, 5) is 11.3. The van der Waals surface area contributed by atoms with Crippen molar-refractivity contribution >= 4 is 6.29 Å². The molecule has 1 heterocycles. The minimum atomic E-state index is 0.507. The van der Waals surface area contributed by atoms with E-state index in [9.17, 15) is 4.79 Å². The first kappa shape index (κ1) is 15.9. The lowest BCUT2D eigenvalue weighted by Crippen LogP contribution is -2.12. The Hall–Kier alpha value is -1.97. The number of aryl methyl sites for hydroxylation is 1. The highest BCUT2D eigenvalue weighted by atomic mass is 16.1. The molecule has 1 aliphatic rings. The minimum Gasteiger partial charge on any atom is -0.296 e. The lowest BCUT2D eigenvalue weighted by molar-refractivity contribution is 0.111. The first-order valence-corrected chi connectivity index (χ1v) is 8.69. The molecular weight excluding hydrogens is 286 g/mol. The summed E-state index contributed by atoms with van der Waals surface area (Å²) in [6.45, 7) is 2.76. The molecule has 0 N–H and O–H groups in total. The fraction of sp³-hybridized carbons (Fsp3) is 0.526. The molecule has 4 heteroatoms. The zero-order valence-corrected chi connectivity index (χ0v) is 13.9. The van der Waals surface area contributed by atoms with Crippen LogP contribution in [0.3, 0.4) is 0 Å². The van der Waals surface area contributed by atoms with E-state index in [1.165, 1.54) is 43.2 Å². The Balaban J connectivity index is 1.71. The van der Waals surface area contributed by atoms with Crippen LogP contribution >= 0.6 is 0 Å². The molecule has 0 amide bonds. The van der Waals surface area contributed by atoms with E-state index >= 15 is 0 Å². The summed E-state index contributed by atoms with van der Waals surface area (Å²) in [6, 6.07) is 8.44.